The fourth-order valence-electron chi connectivity index (χ4n) is 1.72. The highest BCUT2D eigenvalue weighted by molar-refractivity contribution is 5.28. The molecule has 0 fully saturated rings. The zero-order valence-electron chi connectivity index (χ0n) is 10.6. The van der Waals surface area contributed by atoms with Crippen LogP contribution in [0.25, 0.3) is 0 Å². The Morgan fingerprint density at radius 1 is 1.37 bits per heavy atom. The monoisotopic (exact) mass is 256 g/mol. The summed E-state index contributed by atoms with van der Waals surface area (Å²) in [6.45, 7) is 2.55. The van der Waals surface area contributed by atoms with E-state index in [1.54, 1.807) is 6.20 Å². The second-order valence-electron chi connectivity index (χ2n) is 4.04. The number of benzene rings is 1. The zero-order valence-corrected chi connectivity index (χ0v) is 10.6. The highest BCUT2D eigenvalue weighted by atomic mass is 16.5. The van der Waals surface area contributed by atoms with Crippen molar-refractivity contribution < 1.29 is 4.74 Å². The quantitative estimate of drug-likeness (QED) is 0.764. The Labute approximate surface area is 112 Å². The largest absolute Gasteiger partial charge is 0.479 e. The van der Waals surface area contributed by atoms with Crippen molar-refractivity contribution in [3.8, 4) is 11.8 Å². The van der Waals surface area contributed by atoms with Crippen LogP contribution in [-0.2, 0) is 13.1 Å². The van der Waals surface area contributed by atoms with Gasteiger partial charge in [-0.25, -0.2) is 0 Å². The van der Waals surface area contributed by atoms with E-state index in [4.69, 9.17) is 10.00 Å². The lowest BCUT2D eigenvalue weighted by molar-refractivity contribution is 0.367. The predicted octanol–water partition coefficient (Wildman–Crippen LogP) is 1.58. The first-order chi connectivity index (χ1) is 9.38. The zero-order chi connectivity index (χ0) is 13.3. The van der Waals surface area contributed by atoms with Gasteiger partial charge in [-0.1, -0.05) is 12.1 Å². The number of nitrogens with zero attached hydrogens (tertiary/aromatic N) is 3. The van der Waals surface area contributed by atoms with Crippen molar-refractivity contribution in [1.29, 1.82) is 5.26 Å². The molecule has 0 saturated heterocycles. The Morgan fingerprint density at radius 2 is 2.32 bits per heavy atom. The van der Waals surface area contributed by atoms with Gasteiger partial charge in [0, 0.05) is 25.5 Å². The van der Waals surface area contributed by atoms with Crippen LogP contribution in [0.2, 0.25) is 0 Å². The Morgan fingerprint density at radius 3 is 3.11 bits per heavy atom. The van der Waals surface area contributed by atoms with Gasteiger partial charge in [0.05, 0.1) is 6.54 Å². The van der Waals surface area contributed by atoms with Crippen molar-refractivity contribution >= 4 is 0 Å². The summed E-state index contributed by atoms with van der Waals surface area (Å²) in [5, 5.41) is 15.9. The molecule has 1 N–H and O–H groups in total. The molecule has 1 aromatic heterocycles. The van der Waals surface area contributed by atoms with E-state index >= 15 is 0 Å². The molecular formula is C14H16N4O. The number of rotatable bonds is 7. The van der Waals surface area contributed by atoms with E-state index in [1.165, 1.54) is 0 Å². The molecule has 0 amide bonds. The van der Waals surface area contributed by atoms with Crippen LogP contribution < -0.4 is 10.1 Å². The Hall–Kier alpha value is -2.32. The first-order valence-electron chi connectivity index (χ1n) is 6.15. The minimum absolute atomic E-state index is 0.0795. The third-order valence-electron chi connectivity index (χ3n) is 2.61. The number of hydrogen-bond donors (Lipinski definition) is 1. The van der Waals surface area contributed by atoms with E-state index < -0.39 is 0 Å². The molecule has 0 aliphatic rings. The van der Waals surface area contributed by atoms with Gasteiger partial charge in [0.15, 0.2) is 6.61 Å². The molecule has 0 radical (unpaired) electrons. The van der Waals surface area contributed by atoms with Crippen LogP contribution >= 0.6 is 0 Å². The van der Waals surface area contributed by atoms with Crippen LogP contribution in [0.4, 0.5) is 0 Å². The molecule has 0 aliphatic heterocycles. The molecular weight excluding hydrogens is 240 g/mol. The fraction of sp³-hybridized carbons (Fsp3) is 0.286. The van der Waals surface area contributed by atoms with Gasteiger partial charge in [0.1, 0.15) is 11.8 Å². The third kappa shape index (κ3) is 4.45. The maximum atomic E-state index is 8.47. The molecule has 0 spiro atoms. The number of nitrogens with one attached hydrogen (secondary N) is 1. The molecule has 0 aliphatic carbocycles. The van der Waals surface area contributed by atoms with Crippen molar-refractivity contribution in [3.63, 3.8) is 0 Å². The van der Waals surface area contributed by atoms with Gasteiger partial charge < -0.3 is 10.1 Å². The summed E-state index contributed by atoms with van der Waals surface area (Å²) in [4.78, 5) is 0. The second-order valence-corrected chi connectivity index (χ2v) is 4.04. The van der Waals surface area contributed by atoms with Crippen LogP contribution in [0.15, 0.2) is 42.7 Å². The average molecular weight is 256 g/mol. The van der Waals surface area contributed by atoms with Gasteiger partial charge in [-0.2, -0.15) is 10.4 Å². The van der Waals surface area contributed by atoms with Gasteiger partial charge >= 0.3 is 0 Å². The Bertz CT molecular complexity index is 531. The van der Waals surface area contributed by atoms with Crippen molar-refractivity contribution in [2.75, 3.05) is 13.2 Å². The standard InChI is InChI=1S/C14H16N4O/c15-5-10-19-14-4-1-3-13(11-14)12-16-7-9-18-8-2-6-17-18/h1-4,6,8,11,16H,7,9-10,12H2. The van der Waals surface area contributed by atoms with Crippen molar-refractivity contribution in [3.05, 3.63) is 48.3 Å². The summed E-state index contributed by atoms with van der Waals surface area (Å²) in [6.07, 6.45) is 3.72. The van der Waals surface area contributed by atoms with Crippen molar-refractivity contribution in [2.45, 2.75) is 13.1 Å². The molecule has 0 atom stereocenters. The lowest BCUT2D eigenvalue weighted by Gasteiger charge is -2.07. The SMILES string of the molecule is N#CCOc1cccc(CNCCn2cccn2)c1. The molecule has 98 valence electrons. The number of hydrogen-bond acceptors (Lipinski definition) is 4. The average Bonchev–Trinajstić information content (AvgIpc) is 2.95. The van der Waals surface area contributed by atoms with Gasteiger partial charge in [-0.15, -0.1) is 0 Å². The molecule has 0 unspecified atom stereocenters. The van der Waals surface area contributed by atoms with E-state index in [2.05, 4.69) is 10.4 Å². The molecule has 2 aromatic rings. The lowest BCUT2D eigenvalue weighted by atomic mass is 10.2. The molecule has 5 heteroatoms. The van der Waals surface area contributed by atoms with Gasteiger partial charge in [0.2, 0.25) is 0 Å². The number of aromatic nitrogens is 2. The minimum atomic E-state index is 0.0795. The summed E-state index contributed by atoms with van der Waals surface area (Å²) in [7, 11) is 0. The van der Waals surface area contributed by atoms with Gasteiger partial charge in [0.25, 0.3) is 0 Å². The molecule has 1 heterocycles. The van der Waals surface area contributed by atoms with Crippen LogP contribution in [0.1, 0.15) is 5.56 Å². The van der Waals surface area contributed by atoms with E-state index in [9.17, 15) is 0 Å². The molecule has 1 aromatic carbocycles. The Kier molecular flexibility index (Phi) is 4.96. The fourth-order valence-corrected chi connectivity index (χ4v) is 1.72. The van der Waals surface area contributed by atoms with Crippen LogP contribution in [-0.4, -0.2) is 22.9 Å². The highest BCUT2D eigenvalue weighted by Crippen LogP contribution is 2.12. The molecule has 2 rings (SSSR count). The Balaban J connectivity index is 1.74. The first-order valence-corrected chi connectivity index (χ1v) is 6.15. The minimum Gasteiger partial charge on any atom is -0.479 e. The topological polar surface area (TPSA) is 62.9 Å². The van der Waals surface area contributed by atoms with Crippen molar-refractivity contribution in [1.82, 2.24) is 15.1 Å². The van der Waals surface area contributed by atoms with Crippen LogP contribution in [0.3, 0.4) is 0 Å². The van der Waals surface area contributed by atoms with Crippen LogP contribution in [0, 0.1) is 11.3 Å². The maximum Gasteiger partial charge on any atom is 0.174 e. The highest BCUT2D eigenvalue weighted by Gasteiger charge is 1.97. The summed E-state index contributed by atoms with van der Waals surface area (Å²) < 4.78 is 7.15. The molecule has 0 bridgehead atoms. The lowest BCUT2D eigenvalue weighted by Crippen LogP contribution is -2.19. The molecule has 19 heavy (non-hydrogen) atoms. The van der Waals surface area contributed by atoms with E-state index in [0.717, 1.165) is 30.9 Å². The van der Waals surface area contributed by atoms with E-state index in [1.807, 2.05) is 47.3 Å². The molecule has 5 nitrogen and oxygen atoms in total. The first kappa shape index (κ1) is 13.1. The number of nitriles is 1. The van der Waals surface area contributed by atoms with Crippen molar-refractivity contribution in [2.24, 2.45) is 0 Å². The second kappa shape index (κ2) is 7.19. The van der Waals surface area contributed by atoms with E-state index in [0.29, 0.717) is 0 Å². The maximum absolute atomic E-state index is 8.47. The summed E-state index contributed by atoms with van der Waals surface area (Å²) in [5.41, 5.74) is 1.14. The smallest absolute Gasteiger partial charge is 0.174 e. The molecule has 0 saturated carbocycles. The van der Waals surface area contributed by atoms with Gasteiger partial charge in [-0.05, 0) is 23.8 Å². The summed E-state index contributed by atoms with van der Waals surface area (Å²) in [6, 6.07) is 11.6. The third-order valence-corrected chi connectivity index (χ3v) is 2.61. The van der Waals surface area contributed by atoms with E-state index in [-0.39, 0.29) is 6.61 Å². The number of ether oxygens (including phenoxy) is 1. The van der Waals surface area contributed by atoms with Gasteiger partial charge in [-0.3, -0.25) is 4.68 Å². The predicted molar refractivity (Wildman–Crippen MR) is 71.5 cm³/mol. The normalized spacial score (nSPS) is 10.1. The van der Waals surface area contributed by atoms with Crippen LogP contribution in [0.5, 0.6) is 5.75 Å². The summed E-state index contributed by atoms with van der Waals surface area (Å²) >= 11 is 0. The summed E-state index contributed by atoms with van der Waals surface area (Å²) in [5.74, 6) is 0.730.